The first-order valence-electron chi connectivity index (χ1n) is 6.35. The van der Waals surface area contributed by atoms with Gasteiger partial charge in [0, 0.05) is 6.42 Å². The number of fused-ring (bicyclic) bond motifs is 1. The largest absolute Gasteiger partial charge is 0.293 e. The number of thioether (sulfide) groups is 1. The van der Waals surface area contributed by atoms with Crippen LogP contribution >= 0.6 is 23.1 Å². The van der Waals surface area contributed by atoms with E-state index in [0.717, 1.165) is 17.7 Å². The van der Waals surface area contributed by atoms with Crippen LogP contribution in [0.1, 0.15) is 61.7 Å². The molecule has 0 aliphatic carbocycles. The summed E-state index contributed by atoms with van der Waals surface area (Å²) in [5.74, 6) is 1.52. The summed E-state index contributed by atoms with van der Waals surface area (Å²) in [6.07, 6.45) is 4.03. The van der Waals surface area contributed by atoms with Crippen LogP contribution in [0.15, 0.2) is 10.3 Å². The molecule has 0 unspecified atom stereocenters. The molecule has 0 radical (unpaired) electrons. The fraction of sp³-hybridized carbons (Fsp3) is 0.643. The normalized spacial score (nSPS) is 17.8. The van der Waals surface area contributed by atoms with Gasteiger partial charge in [0.25, 0.3) is 0 Å². The van der Waals surface area contributed by atoms with Gasteiger partial charge in [0.15, 0.2) is 5.78 Å². The third-order valence-corrected chi connectivity index (χ3v) is 5.88. The Balaban J connectivity index is 2.22. The van der Waals surface area contributed by atoms with E-state index >= 15 is 0 Å². The summed E-state index contributed by atoms with van der Waals surface area (Å²) in [6.45, 7) is 6.71. The molecule has 0 fully saturated rings. The molecule has 1 aliphatic rings. The summed E-state index contributed by atoms with van der Waals surface area (Å²) in [4.78, 5) is 13.0. The highest BCUT2D eigenvalue weighted by Crippen LogP contribution is 2.46. The van der Waals surface area contributed by atoms with Crippen molar-refractivity contribution in [1.82, 2.24) is 0 Å². The first kappa shape index (κ1) is 13.2. The fourth-order valence-corrected chi connectivity index (χ4v) is 5.17. The molecule has 0 saturated carbocycles. The third kappa shape index (κ3) is 2.76. The zero-order chi connectivity index (χ0) is 12.5. The van der Waals surface area contributed by atoms with Crippen LogP contribution in [0.3, 0.4) is 0 Å². The Labute approximate surface area is 112 Å². The molecule has 17 heavy (non-hydrogen) atoms. The molecule has 1 nitrogen and oxygen atoms in total. The summed E-state index contributed by atoms with van der Waals surface area (Å²) in [7, 11) is 0. The van der Waals surface area contributed by atoms with E-state index in [2.05, 4.69) is 26.8 Å². The molecule has 1 aromatic rings. The molecule has 0 spiro atoms. The van der Waals surface area contributed by atoms with Crippen molar-refractivity contribution in [3.8, 4) is 0 Å². The van der Waals surface area contributed by atoms with Crippen molar-refractivity contribution in [3.05, 3.63) is 16.5 Å². The highest BCUT2D eigenvalue weighted by molar-refractivity contribution is 8.01. The van der Waals surface area contributed by atoms with E-state index in [1.54, 1.807) is 11.3 Å². The van der Waals surface area contributed by atoms with Crippen LogP contribution in [0.4, 0.5) is 0 Å². The molecule has 1 aromatic heterocycles. The average Bonchev–Trinajstić information content (AvgIpc) is 2.71. The smallest absolute Gasteiger partial charge is 0.172 e. The lowest BCUT2D eigenvalue weighted by atomic mass is 9.83. The molecule has 94 valence electrons. The lowest BCUT2D eigenvalue weighted by molar-refractivity contribution is 0.0983. The van der Waals surface area contributed by atoms with E-state index < -0.39 is 0 Å². The molecule has 3 heteroatoms. The standard InChI is InChI=1S/C14H20OS2/c1-4-5-6-11(15)12-9-10-13(17-12)16-8-7-14(10,2)3/h9H,4-8H2,1-3H3. The number of rotatable bonds is 4. The van der Waals surface area contributed by atoms with Gasteiger partial charge in [-0.2, -0.15) is 0 Å². The van der Waals surface area contributed by atoms with Crippen LogP contribution in [0.5, 0.6) is 0 Å². The van der Waals surface area contributed by atoms with Crippen molar-refractivity contribution in [2.45, 2.75) is 56.1 Å². The Morgan fingerprint density at radius 3 is 2.88 bits per heavy atom. The van der Waals surface area contributed by atoms with Gasteiger partial charge in [-0.15, -0.1) is 23.1 Å². The van der Waals surface area contributed by atoms with Crippen LogP contribution in [0.2, 0.25) is 0 Å². The maximum Gasteiger partial charge on any atom is 0.172 e. The number of hydrogen-bond acceptors (Lipinski definition) is 3. The number of hydrogen-bond donors (Lipinski definition) is 0. The SMILES string of the molecule is CCCCC(=O)c1cc2c(s1)SCCC2(C)C. The lowest BCUT2D eigenvalue weighted by Crippen LogP contribution is -2.21. The number of ketones is 1. The quantitative estimate of drug-likeness (QED) is 0.723. The minimum Gasteiger partial charge on any atom is -0.293 e. The van der Waals surface area contributed by atoms with E-state index in [1.165, 1.54) is 21.9 Å². The van der Waals surface area contributed by atoms with E-state index in [1.807, 2.05) is 11.8 Å². The summed E-state index contributed by atoms with van der Waals surface area (Å²) < 4.78 is 1.38. The molecule has 0 amide bonds. The highest BCUT2D eigenvalue weighted by atomic mass is 32.2. The first-order valence-corrected chi connectivity index (χ1v) is 8.15. The molecule has 0 aromatic carbocycles. The molecule has 0 N–H and O–H groups in total. The number of carbonyl (C=O) groups is 1. The number of Topliss-reactive ketones (excluding diaryl/α,β-unsaturated/α-hetero) is 1. The molecule has 2 heterocycles. The van der Waals surface area contributed by atoms with Gasteiger partial charge >= 0.3 is 0 Å². The second-order valence-corrected chi connectivity index (χ2v) is 7.74. The maximum absolute atomic E-state index is 12.0. The number of unbranched alkanes of at least 4 members (excludes halogenated alkanes) is 1. The zero-order valence-corrected chi connectivity index (χ0v) is 12.5. The molecule has 1 aliphatic heterocycles. The van der Waals surface area contributed by atoms with Crippen molar-refractivity contribution in [3.63, 3.8) is 0 Å². The van der Waals surface area contributed by atoms with Gasteiger partial charge in [0.05, 0.1) is 9.09 Å². The van der Waals surface area contributed by atoms with Gasteiger partial charge in [-0.3, -0.25) is 4.79 Å². The Morgan fingerprint density at radius 1 is 1.47 bits per heavy atom. The van der Waals surface area contributed by atoms with Crippen LogP contribution in [-0.2, 0) is 5.41 Å². The van der Waals surface area contributed by atoms with Crippen LogP contribution in [0, 0.1) is 0 Å². The van der Waals surface area contributed by atoms with Crippen LogP contribution in [-0.4, -0.2) is 11.5 Å². The second-order valence-electron chi connectivity index (χ2n) is 5.32. The van der Waals surface area contributed by atoms with E-state index in [-0.39, 0.29) is 5.41 Å². The van der Waals surface area contributed by atoms with Gasteiger partial charge in [0.2, 0.25) is 0 Å². The summed E-state index contributed by atoms with van der Waals surface area (Å²) >= 11 is 3.63. The van der Waals surface area contributed by atoms with E-state index in [4.69, 9.17) is 0 Å². The Morgan fingerprint density at radius 2 is 2.24 bits per heavy atom. The molecule has 0 atom stereocenters. The Kier molecular flexibility index (Phi) is 3.99. The summed E-state index contributed by atoms with van der Waals surface area (Å²) in [6, 6.07) is 2.16. The van der Waals surface area contributed by atoms with Crippen molar-refractivity contribution in [2.75, 3.05) is 5.75 Å². The van der Waals surface area contributed by atoms with Crippen molar-refractivity contribution in [1.29, 1.82) is 0 Å². The molecular formula is C14H20OS2. The predicted molar refractivity (Wildman–Crippen MR) is 76.5 cm³/mol. The fourth-order valence-electron chi connectivity index (χ4n) is 2.08. The average molecular weight is 268 g/mol. The summed E-state index contributed by atoms with van der Waals surface area (Å²) in [5.41, 5.74) is 1.65. The molecule has 0 saturated heterocycles. The Hall–Kier alpha value is -0.280. The van der Waals surface area contributed by atoms with Gasteiger partial charge in [0.1, 0.15) is 0 Å². The van der Waals surface area contributed by atoms with Crippen molar-refractivity contribution in [2.24, 2.45) is 0 Å². The molecular weight excluding hydrogens is 248 g/mol. The van der Waals surface area contributed by atoms with E-state index in [9.17, 15) is 4.79 Å². The van der Waals surface area contributed by atoms with Gasteiger partial charge in [-0.05, 0) is 35.6 Å². The Bertz CT molecular complexity index is 418. The third-order valence-electron chi connectivity index (χ3n) is 3.42. The van der Waals surface area contributed by atoms with E-state index in [0.29, 0.717) is 12.2 Å². The lowest BCUT2D eigenvalue weighted by Gasteiger charge is -2.29. The molecule has 2 rings (SSSR count). The minimum atomic E-state index is 0.250. The van der Waals surface area contributed by atoms with Gasteiger partial charge < -0.3 is 0 Å². The van der Waals surface area contributed by atoms with Gasteiger partial charge in [-0.1, -0.05) is 27.2 Å². The van der Waals surface area contributed by atoms with Crippen molar-refractivity contribution < 1.29 is 4.79 Å². The molecule has 0 bridgehead atoms. The van der Waals surface area contributed by atoms with Crippen LogP contribution < -0.4 is 0 Å². The number of thiophene rings is 1. The highest BCUT2D eigenvalue weighted by Gasteiger charge is 2.30. The van der Waals surface area contributed by atoms with Gasteiger partial charge in [-0.25, -0.2) is 0 Å². The second kappa shape index (κ2) is 5.15. The van der Waals surface area contributed by atoms with Crippen LogP contribution in [0.25, 0.3) is 0 Å². The predicted octanol–water partition coefficient (Wildman–Crippen LogP) is 4.89. The zero-order valence-electron chi connectivity index (χ0n) is 10.8. The monoisotopic (exact) mass is 268 g/mol. The maximum atomic E-state index is 12.0. The van der Waals surface area contributed by atoms with Crippen molar-refractivity contribution >= 4 is 28.9 Å². The number of carbonyl (C=O) groups excluding carboxylic acids is 1. The topological polar surface area (TPSA) is 17.1 Å². The summed E-state index contributed by atoms with van der Waals surface area (Å²) in [5, 5.41) is 0. The minimum absolute atomic E-state index is 0.250. The first-order chi connectivity index (χ1) is 8.04.